The molecule has 6 heteroatoms. The lowest BCUT2D eigenvalue weighted by Crippen LogP contribution is -2.58. The number of aliphatic carboxylic acids is 1. The van der Waals surface area contributed by atoms with Crippen molar-refractivity contribution in [2.45, 2.75) is 51.7 Å². The summed E-state index contributed by atoms with van der Waals surface area (Å²) in [7, 11) is 0. The van der Waals surface area contributed by atoms with Crippen molar-refractivity contribution in [3.05, 3.63) is 0 Å². The van der Waals surface area contributed by atoms with Gasteiger partial charge in [-0.2, -0.15) is 0 Å². The third kappa shape index (κ3) is 2.57. The molecular formula is C11H16NO5-. The highest BCUT2D eigenvalue weighted by Gasteiger charge is 2.48. The Hall–Kier alpha value is -1.59. The summed E-state index contributed by atoms with van der Waals surface area (Å²) in [5, 5.41) is 11.0. The number of carboxylic acids is 1. The zero-order valence-corrected chi connectivity index (χ0v) is 10.4. The molecule has 0 saturated carbocycles. The van der Waals surface area contributed by atoms with Crippen molar-refractivity contribution in [2.75, 3.05) is 0 Å². The molecule has 2 amide bonds. The van der Waals surface area contributed by atoms with Gasteiger partial charge in [0.05, 0.1) is 11.5 Å². The van der Waals surface area contributed by atoms with Crippen LogP contribution in [0.4, 0.5) is 4.79 Å². The van der Waals surface area contributed by atoms with Gasteiger partial charge in [0.15, 0.2) is 0 Å². The van der Waals surface area contributed by atoms with Gasteiger partial charge >= 0.3 is 6.09 Å². The lowest BCUT2D eigenvalue weighted by Gasteiger charge is -2.35. The molecule has 0 unspecified atom stereocenters. The van der Waals surface area contributed by atoms with Gasteiger partial charge in [0.2, 0.25) is 5.91 Å². The minimum atomic E-state index is -1.61. The van der Waals surface area contributed by atoms with Gasteiger partial charge < -0.3 is 14.6 Å². The molecule has 0 N–H and O–H groups in total. The first-order chi connectivity index (χ1) is 7.58. The number of amides is 2. The molecule has 1 atom stereocenters. The number of carbonyl (C=O) groups excluding carboxylic acids is 3. The molecule has 1 aliphatic heterocycles. The highest BCUT2D eigenvalue weighted by molar-refractivity contribution is 6.00. The monoisotopic (exact) mass is 242 g/mol. The predicted octanol–water partition coefficient (Wildman–Crippen LogP) is 0.0525. The third-order valence-corrected chi connectivity index (χ3v) is 2.58. The molecule has 0 spiro atoms. The SMILES string of the molecule is CC(C)(C)OC(=O)N1C(=O)CC[C@]1(C)C(=O)[O-]. The summed E-state index contributed by atoms with van der Waals surface area (Å²) < 4.78 is 5.01. The second kappa shape index (κ2) is 4.01. The lowest BCUT2D eigenvalue weighted by atomic mass is 10.00. The van der Waals surface area contributed by atoms with Crippen LogP contribution in [0.5, 0.6) is 0 Å². The van der Waals surface area contributed by atoms with Crippen molar-refractivity contribution in [3.8, 4) is 0 Å². The fourth-order valence-electron chi connectivity index (χ4n) is 1.65. The maximum absolute atomic E-state index is 11.8. The summed E-state index contributed by atoms with van der Waals surface area (Å²) >= 11 is 0. The number of carbonyl (C=O) groups is 3. The fourth-order valence-corrected chi connectivity index (χ4v) is 1.65. The quantitative estimate of drug-likeness (QED) is 0.648. The summed E-state index contributed by atoms with van der Waals surface area (Å²) in [5.41, 5.74) is -2.40. The molecule has 96 valence electrons. The van der Waals surface area contributed by atoms with Crippen LogP contribution < -0.4 is 5.11 Å². The molecule has 6 nitrogen and oxygen atoms in total. The van der Waals surface area contributed by atoms with Crippen LogP contribution in [0.15, 0.2) is 0 Å². The summed E-state index contributed by atoms with van der Waals surface area (Å²) in [4.78, 5) is 35.0. The minimum Gasteiger partial charge on any atom is -0.548 e. The number of rotatable bonds is 1. The van der Waals surface area contributed by atoms with Gasteiger partial charge in [0.1, 0.15) is 5.60 Å². The summed E-state index contributed by atoms with van der Waals surface area (Å²) in [5.74, 6) is -2.00. The largest absolute Gasteiger partial charge is 0.548 e. The second-order valence-corrected chi connectivity index (χ2v) is 5.27. The molecule has 1 aliphatic rings. The Labute approximate surface area is 99.5 Å². The smallest absolute Gasteiger partial charge is 0.417 e. The van der Waals surface area contributed by atoms with E-state index in [4.69, 9.17) is 4.74 Å². The molecule has 1 heterocycles. The van der Waals surface area contributed by atoms with Crippen molar-refractivity contribution in [1.82, 2.24) is 4.90 Å². The molecule has 0 aromatic carbocycles. The first-order valence-corrected chi connectivity index (χ1v) is 5.35. The average Bonchev–Trinajstić information content (AvgIpc) is 2.40. The van der Waals surface area contributed by atoms with E-state index in [1.165, 1.54) is 6.92 Å². The maximum Gasteiger partial charge on any atom is 0.417 e. The Morgan fingerprint density at radius 2 is 1.94 bits per heavy atom. The van der Waals surface area contributed by atoms with Gasteiger partial charge in [0, 0.05) is 6.42 Å². The van der Waals surface area contributed by atoms with E-state index in [0.29, 0.717) is 4.90 Å². The van der Waals surface area contributed by atoms with Crippen LogP contribution in [0.3, 0.4) is 0 Å². The predicted molar refractivity (Wildman–Crippen MR) is 55.7 cm³/mol. The number of carboxylic acid groups (broad SMARTS) is 1. The third-order valence-electron chi connectivity index (χ3n) is 2.58. The van der Waals surface area contributed by atoms with E-state index in [0.717, 1.165) is 0 Å². The maximum atomic E-state index is 11.8. The van der Waals surface area contributed by atoms with Crippen LogP contribution in [0.2, 0.25) is 0 Å². The second-order valence-electron chi connectivity index (χ2n) is 5.27. The number of ether oxygens (including phenoxy) is 1. The van der Waals surface area contributed by atoms with Gasteiger partial charge in [-0.1, -0.05) is 0 Å². The summed E-state index contributed by atoms with van der Waals surface area (Å²) in [6.07, 6.45) is -0.886. The van der Waals surface area contributed by atoms with E-state index >= 15 is 0 Å². The Balaban J connectivity index is 2.97. The molecule has 0 aromatic heterocycles. The molecule has 1 saturated heterocycles. The van der Waals surface area contributed by atoms with Gasteiger partial charge in [-0.15, -0.1) is 0 Å². The molecule has 0 aliphatic carbocycles. The van der Waals surface area contributed by atoms with Crippen molar-refractivity contribution in [3.63, 3.8) is 0 Å². The van der Waals surface area contributed by atoms with E-state index in [-0.39, 0.29) is 12.8 Å². The number of nitrogens with zero attached hydrogens (tertiary/aromatic N) is 1. The number of hydrogen-bond acceptors (Lipinski definition) is 5. The van der Waals surface area contributed by atoms with Crippen molar-refractivity contribution >= 4 is 18.0 Å². The molecule has 1 rings (SSSR count). The van der Waals surface area contributed by atoms with Crippen LogP contribution in [0.1, 0.15) is 40.5 Å². The van der Waals surface area contributed by atoms with Gasteiger partial charge in [-0.3, -0.25) is 4.79 Å². The van der Waals surface area contributed by atoms with Crippen LogP contribution in [0, 0.1) is 0 Å². The Morgan fingerprint density at radius 1 is 1.41 bits per heavy atom. The Bertz CT molecular complexity index is 371. The number of hydrogen-bond donors (Lipinski definition) is 0. The van der Waals surface area contributed by atoms with E-state index in [1.54, 1.807) is 20.8 Å². The Kier molecular flexibility index (Phi) is 3.18. The molecule has 0 bridgehead atoms. The van der Waals surface area contributed by atoms with Crippen molar-refractivity contribution in [1.29, 1.82) is 0 Å². The summed E-state index contributed by atoms with van der Waals surface area (Å²) in [6.45, 7) is 6.21. The topological polar surface area (TPSA) is 86.7 Å². The molecule has 0 radical (unpaired) electrons. The number of imide groups is 1. The van der Waals surface area contributed by atoms with Gasteiger partial charge in [-0.25, -0.2) is 9.69 Å². The number of likely N-dealkylation sites (tertiary alicyclic amines) is 1. The minimum absolute atomic E-state index is 0.00369. The lowest BCUT2D eigenvalue weighted by molar-refractivity contribution is -0.316. The van der Waals surface area contributed by atoms with Crippen LogP contribution >= 0.6 is 0 Å². The molecule has 0 aromatic rings. The van der Waals surface area contributed by atoms with Gasteiger partial charge in [0.25, 0.3) is 0 Å². The fraction of sp³-hybridized carbons (Fsp3) is 0.727. The zero-order chi connectivity index (χ0) is 13.4. The van der Waals surface area contributed by atoms with E-state index in [1.807, 2.05) is 0 Å². The average molecular weight is 242 g/mol. The normalized spacial score (nSPS) is 24.9. The van der Waals surface area contributed by atoms with E-state index < -0.39 is 29.1 Å². The van der Waals surface area contributed by atoms with Crippen LogP contribution in [-0.4, -0.2) is 34.0 Å². The van der Waals surface area contributed by atoms with E-state index in [9.17, 15) is 19.5 Å². The molecule has 1 fully saturated rings. The zero-order valence-electron chi connectivity index (χ0n) is 10.4. The van der Waals surface area contributed by atoms with Crippen molar-refractivity contribution in [2.24, 2.45) is 0 Å². The van der Waals surface area contributed by atoms with Crippen LogP contribution in [0.25, 0.3) is 0 Å². The first kappa shape index (κ1) is 13.5. The standard InChI is InChI=1S/C11H17NO5/c1-10(2,3)17-9(16)12-7(13)5-6-11(12,4)8(14)15/h5-6H2,1-4H3,(H,14,15)/p-1/t11-/m1/s1. The highest BCUT2D eigenvalue weighted by Crippen LogP contribution is 2.31. The van der Waals surface area contributed by atoms with E-state index in [2.05, 4.69) is 0 Å². The molecular weight excluding hydrogens is 226 g/mol. The first-order valence-electron chi connectivity index (χ1n) is 5.35. The van der Waals surface area contributed by atoms with Gasteiger partial charge in [-0.05, 0) is 34.1 Å². The van der Waals surface area contributed by atoms with Crippen LogP contribution in [-0.2, 0) is 14.3 Å². The van der Waals surface area contributed by atoms with Crippen molar-refractivity contribution < 1.29 is 24.2 Å². The molecule has 17 heavy (non-hydrogen) atoms. The Morgan fingerprint density at radius 3 is 2.35 bits per heavy atom. The highest BCUT2D eigenvalue weighted by atomic mass is 16.6. The summed E-state index contributed by atoms with van der Waals surface area (Å²) in [6, 6.07) is 0.